The van der Waals surface area contributed by atoms with E-state index in [1.165, 1.54) is 16.8 Å². The van der Waals surface area contributed by atoms with Crippen molar-refractivity contribution in [2.75, 3.05) is 11.9 Å². The number of rotatable bonds is 2. The predicted octanol–water partition coefficient (Wildman–Crippen LogP) is 3.95. The van der Waals surface area contributed by atoms with Crippen LogP contribution >= 0.6 is 0 Å². The maximum Gasteiger partial charge on any atom is 0.208 e. The van der Waals surface area contributed by atoms with Gasteiger partial charge in [0, 0.05) is 12.7 Å². The Morgan fingerprint density at radius 1 is 1.05 bits per heavy atom. The number of imidazole rings is 1. The summed E-state index contributed by atoms with van der Waals surface area (Å²) in [6.07, 6.45) is 0. The van der Waals surface area contributed by atoms with E-state index in [0.29, 0.717) is 0 Å². The van der Waals surface area contributed by atoms with E-state index in [9.17, 15) is 0 Å². The number of aromatic amines is 1. The fourth-order valence-electron chi connectivity index (χ4n) is 2.39. The van der Waals surface area contributed by atoms with Gasteiger partial charge in [0.25, 0.3) is 0 Å². The topological polar surface area (TPSA) is 31.9 Å². The van der Waals surface area contributed by atoms with Crippen LogP contribution in [0.2, 0.25) is 0 Å². The first-order valence-electron chi connectivity index (χ1n) is 6.41. The van der Waals surface area contributed by atoms with Gasteiger partial charge in [-0.05, 0) is 37.6 Å². The molecule has 0 amide bonds. The molecule has 0 radical (unpaired) electrons. The molecule has 1 N–H and O–H groups in total. The van der Waals surface area contributed by atoms with Gasteiger partial charge in [-0.15, -0.1) is 0 Å². The molecule has 96 valence electrons. The lowest BCUT2D eigenvalue weighted by Crippen LogP contribution is -2.12. The monoisotopic (exact) mass is 251 g/mol. The third-order valence-electron chi connectivity index (χ3n) is 3.41. The molecule has 3 aromatic rings. The highest BCUT2D eigenvalue weighted by Gasteiger charge is 2.11. The molecule has 1 aromatic heterocycles. The summed E-state index contributed by atoms with van der Waals surface area (Å²) < 4.78 is 0. The number of para-hydroxylation sites is 2. The molecule has 0 spiro atoms. The molecule has 0 atom stereocenters. The molecule has 0 aliphatic carbocycles. The van der Waals surface area contributed by atoms with Gasteiger partial charge < -0.3 is 9.88 Å². The van der Waals surface area contributed by atoms with Crippen LogP contribution in [0.25, 0.3) is 11.0 Å². The third-order valence-corrected chi connectivity index (χ3v) is 3.41. The average Bonchev–Trinajstić information content (AvgIpc) is 2.81. The van der Waals surface area contributed by atoms with Gasteiger partial charge >= 0.3 is 0 Å². The number of aromatic nitrogens is 2. The number of H-pyrrole nitrogens is 1. The van der Waals surface area contributed by atoms with Crippen molar-refractivity contribution in [1.82, 2.24) is 9.97 Å². The van der Waals surface area contributed by atoms with E-state index in [1.807, 2.05) is 31.3 Å². The molecule has 0 saturated carbocycles. The zero-order valence-electron chi connectivity index (χ0n) is 11.4. The Balaban J connectivity index is 2.05. The van der Waals surface area contributed by atoms with Gasteiger partial charge in [0.1, 0.15) is 0 Å². The zero-order valence-corrected chi connectivity index (χ0v) is 11.4. The molecule has 3 rings (SSSR count). The molecule has 3 heteroatoms. The maximum absolute atomic E-state index is 4.62. The SMILES string of the molecule is Cc1ccc(N(C)c2nc3ccccc3[nH]2)c(C)c1. The Labute approximate surface area is 112 Å². The molecule has 0 aliphatic rings. The van der Waals surface area contributed by atoms with Crippen LogP contribution in [0.1, 0.15) is 11.1 Å². The Morgan fingerprint density at radius 2 is 1.84 bits per heavy atom. The van der Waals surface area contributed by atoms with Crippen molar-refractivity contribution in [2.45, 2.75) is 13.8 Å². The van der Waals surface area contributed by atoms with E-state index in [0.717, 1.165) is 17.0 Å². The van der Waals surface area contributed by atoms with Gasteiger partial charge in [-0.2, -0.15) is 0 Å². The van der Waals surface area contributed by atoms with Crippen LogP contribution in [0.5, 0.6) is 0 Å². The summed E-state index contributed by atoms with van der Waals surface area (Å²) in [7, 11) is 2.04. The van der Waals surface area contributed by atoms with Gasteiger partial charge in [0.2, 0.25) is 5.95 Å². The first-order chi connectivity index (χ1) is 9.15. The second kappa shape index (κ2) is 4.43. The number of aryl methyl sites for hydroxylation is 2. The summed E-state index contributed by atoms with van der Waals surface area (Å²) in [5.41, 5.74) is 5.76. The van der Waals surface area contributed by atoms with Crippen molar-refractivity contribution in [2.24, 2.45) is 0 Å². The van der Waals surface area contributed by atoms with Crippen LogP contribution in [0, 0.1) is 13.8 Å². The zero-order chi connectivity index (χ0) is 13.4. The number of hydrogen-bond donors (Lipinski definition) is 1. The van der Waals surface area contributed by atoms with Crippen molar-refractivity contribution in [1.29, 1.82) is 0 Å². The summed E-state index contributed by atoms with van der Waals surface area (Å²) in [6.45, 7) is 4.24. The summed E-state index contributed by atoms with van der Waals surface area (Å²) in [5, 5.41) is 0. The highest BCUT2D eigenvalue weighted by Crippen LogP contribution is 2.26. The molecular formula is C16H17N3. The van der Waals surface area contributed by atoms with Crippen LogP contribution < -0.4 is 4.90 Å². The molecule has 2 aromatic carbocycles. The number of nitrogens with zero attached hydrogens (tertiary/aromatic N) is 2. The van der Waals surface area contributed by atoms with Crippen molar-refractivity contribution < 1.29 is 0 Å². The number of fused-ring (bicyclic) bond motifs is 1. The van der Waals surface area contributed by atoms with Gasteiger partial charge in [0.15, 0.2) is 0 Å². The Bertz CT molecular complexity index is 695. The molecule has 3 nitrogen and oxygen atoms in total. The first kappa shape index (κ1) is 11.8. The molecule has 19 heavy (non-hydrogen) atoms. The predicted molar refractivity (Wildman–Crippen MR) is 80.1 cm³/mol. The summed E-state index contributed by atoms with van der Waals surface area (Å²) in [6, 6.07) is 14.5. The first-order valence-corrected chi connectivity index (χ1v) is 6.41. The quantitative estimate of drug-likeness (QED) is 0.748. The highest BCUT2D eigenvalue weighted by molar-refractivity contribution is 5.79. The molecule has 0 aliphatic heterocycles. The van der Waals surface area contributed by atoms with E-state index in [2.05, 4.69) is 46.9 Å². The van der Waals surface area contributed by atoms with Crippen molar-refractivity contribution >= 4 is 22.7 Å². The van der Waals surface area contributed by atoms with E-state index in [4.69, 9.17) is 0 Å². The van der Waals surface area contributed by atoms with E-state index in [-0.39, 0.29) is 0 Å². The normalized spacial score (nSPS) is 10.9. The lowest BCUT2D eigenvalue weighted by Gasteiger charge is -2.18. The minimum Gasteiger partial charge on any atom is -0.324 e. The van der Waals surface area contributed by atoms with Gasteiger partial charge in [-0.1, -0.05) is 29.8 Å². The highest BCUT2D eigenvalue weighted by atomic mass is 15.2. The van der Waals surface area contributed by atoms with Gasteiger partial charge in [0.05, 0.1) is 11.0 Å². The fourth-order valence-corrected chi connectivity index (χ4v) is 2.39. The molecular weight excluding hydrogens is 234 g/mol. The number of benzene rings is 2. The van der Waals surface area contributed by atoms with Crippen molar-refractivity contribution in [3.63, 3.8) is 0 Å². The average molecular weight is 251 g/mol. The van der Waals surface area contributed by atoms with E-state index >= 15 is 0 Å². The number of nitrogens with one attached hydrogen (secondary N) is 1. The molecule has 0 bridgehead atoms. The van der Waals surface area contributed by atoms with Gasteiger partial charge in [-0.3, -0.25) is 0 Å². The maximum atomic E-state index is 4.62. The smallest absolute Gasteiger partial charge is 0.208 e. The van der Waals surface area contributed by atoms with E-state index < -0.39 is 0 Å². The van der Waals surface area contributed by atoms with Gasteiger partial charge in [-0.25, -0.2) is 4.98 Å². The molecule has 0 unspecified atom stereocenters. The minimum absolute atomic E-state index is 0.869. The van der Waals surface area contributed by atoms with E-state index in [1.54, 1.807) is 0 Å². The minimum atomic E-state index is 0.869. The summed E-state index contributed by atoms with van der Waals surface area (Å²) in [5.74, 6) is 0.869. The summed E-state index contributed by atoms with van der Waals surface area (Å²) in [4.78, 5) is 10.1. The van der Waals surface area contributed by atoms with Crippen LogP contribution in [0.4, 0.5) is 11.6 Å². The second-order valence-electron chi connectivity index (χ2n) is 4.93. The largest absolute Gasteiger partial charge is 0.324 e. The van der Waals surface area contributed by atoms with Crippen LogP contribution in [0.3, 0.4) is 0 Å². The second-order valence-corrected chi connectivity index (χ2v) is 4.93. The Kier molecular flexibility index (Phi) is 2.75. The Hall–Kier alpha value is -2.29. The number of hydrogen-bond acceptors (Lipinski definition) is 2. The Morgan fingerprint density at radius 3 is 2.58 bits per heavy atom. The molecule has 0 saturated heterocycles. The third kappa shape index (κ3) is 2.08. The fraction of sp³-hybridized carbons (Fsp3) is 0.188. The van der Waals surface area contributed by atoms with Crippen molar-refractivity contribution in [3.8, 4) is 0 Å². The summed E-state index contributed by atoms with van der Waals surface area (Å²) >= 11 is 0. The lowest BCUT2D eigenvalue weighted by molar-refractivity contribution is 1.09. The lowest BCUT2D eigenvalue weighted by atomic mass is 10.1. The van der Waals surface area contributed by atoms with Crippen LogP contribution in [0.15, 0.2) is 42.5 Å². The van der Waals surface area contributed by atoms with Crippen LogP contribution in [-0.4, -0.2) is 17.0 Å². The molecule has 0 fully saturated rings. The van der Waals surface area contributed by atoms with Crippen molar-refractivity contribution in [3.05, 3.63) is 53.6 Å². The molecule has 1 heterocycles. The standard InChI is InChI=1S/C16H17N3/c1-11-8-9-15(12(2)10-11)19(3)16-17-13-6-4-5-7-14(13)18-16/h4-10H,1-3H3,(H,17,18). The number of anilines is 2. The van der Waals surface area contributed by atoms with Crippen LogP contribution in [-0.2, 0) is 0 Å².